The Bertz CT molecular complexity index is 623. The zero-order valence-corrected chi connectivity index (χ0v) is 15.2. The zero-order valence-electron chi connectivity index (χ0n) is 15.2. The first-order chi connectivity index (χ1) is 12.6. The van der Waals surface area contributed by atoms with Crippen molar-refractivity contribution in [3.8, 4) is 0 Å². The number of aryl methyl sites for hydroxylation is 1. The molecule has 1 aromatic rings. The van der Waals surface area contributed by atoms with Gasteiger partial charge >= 0.3 is 0 Å². The summed E-state index contributed by atoms with van der Waals surface area (Å²) in [6, 6.07) is 7.66. The highest BCUT2D eigenvalue weighted by atomic mass is 16.5. The van der Waals surface area contributed by atoms with E-state index in [1.807, 2.05) is 34.1 Å². The minimum absolute atomic E-state index is 0.133. The van der Waals surface area contributed by atoms with E-state index in [4.69, 9.17) is 10.5 Å². The highest BCUT2D eigenvalue weighted by molar-refractivity contribution is 5.80. The first-order valence-corrected chi connectivity index (χ1v) is 9.32. The molecular formula is C19H28N4O3. The number of piperazine rings is 1. The van der Waals surface area contributed by atoms with Crippen LogP contribution in [0.2, 0.25) is 0 Å². The van der Waals surface area contributed by atoms with E-state index in [1.165, 1.54) is 0 Å². The van der Waals surface area contributed by atoms with Crippen LogP contribution in [0.15, 0.2) is 24.3 Å². The van der Waals surface area contributed by atoms with E-state index in [0.717, 1.165) is 24.3 Å². The Hall–Kier alpha value is -2.12. The van der Waals surface area contributed by atoms with E-state index >= 15 is 0 Å². The number of hydrogen-bond donors (Lipinski definition) is 1. The van der Waals surface area contributed by atoms with Crippen molar-refractivity contribution in [1.29, 1.82) is 0 Å². The predicted octanol–water partition coefficient (Wildman–Crippen LogP) is 0.204. The fourth-order valence-electron chi connectivity index (χ4n) is 3.42. The number of ether oxygens (including phenoxy) is 1. The average molecular weight is 360 g/mol. The first-order valence-electron chi connectivity index (χ1n) is 9.32. The highest BCUT2D eigenvalue weighted by Crippen LogP contribution is 2.14. The Morgan fingerprint density at radius 2 is 1.54 bits per heavy atom. The first kappa shape index (κ1) is 18.7. The number of nitrogens with two attached hydrogens (primary N) is 1. The maximum atomic E-state index is 12.4. The molecule has 2 aliphatic heterocycles. The highest BCUT2D eigenvalue weighted by Gasteiger charge is 2.25. The number of rotatable bonds is 5. The maximum Gasteiger partial charge on any atom is 0.236 e. The Balaban J connectivity index is 1.40. The van der Waals surface area contributed by atoms with Crippen molar-refractivity contribution in [2.75, 3.05) is 64.8 Å². The molecule has 2 amide bonds. The van der Waals surface area contributed by atoms with Crippen LogP contribution in [0.5, 0.6) is 0 Å². The van der Waals surface area contributed by atoms with Gasteiger partial charge in [-0.1, -0.05) is 18.2 Å². The number of para-hydroxylation sites is 1. The summed E-state index contributed by atoms with van der Waals surface area (Å²) in [5.74, 6) is 0.282. The van der Waals surface area contributed by atoms with E-state index in [9.17, 15) is 9.59 Å². The van der Waals surface area contributed by atoms with E-state index in [1.54, 1.807) is 0 Å². The van der Waals surface area contributed by atoms with Gasteiger partial charge in [0.15, 0.2) is 0 Å². The molecule has 7 nitrogen and oxygen atoms in total. The lowest BCUT2D eigenvalue weighted by Crippen LogP contribution is -2.53. The van der Waals surface area contributed by atoms with E-state index in [0.29, 0.717) is 58.8 Å². The van der Waals surface area contributed by atoms with Gasteiger partial charge in [0.25, 0.3) is 0 Å². The van der Waals surface area contributed by atoms with Crippen LogP contribution >= 0.6 is 0 Å². The molecule has 26 heavy (non-hydrogen) atoms. The van der Waals surface area contributed by atoms with Gasteiger partial charge < -0.3 is 20.3 Å². The number of carbonyl (C=O) groups is 2. The van der Waals surface area contributed by atoms with Gasteiger partial charge in [-0.25, -0.2) is 0 Å². The molecule has 0 atom stereocenters. The predicted molar refractivity (Wildman–Crippen MR) is 99.6 cm³/mol. The van der Waals surface area contributed by atoms with Crippen molar-refractivity contribution >= 4 is 17.5 Å². The molecule has 2 saturated heterocycles. The second-order valence-corrected chi connectivity index (χ2v) is 6.85. The molecule has 7 heteroatoms. The van der Waals surface area contributed by atoms with Crippen molar-refractivity contribution in [1.82, 2.24) is 14.7 Å². The summed E-state index contributed by atoms with van der Waals surface area (Å²) < 4.78 is 5.31. The summed E-state index contributed by atoms with van der Waals surface area (Å²) in [5, 5.41) is 0. The van der Waals surface area contributed by atoms with Crippen molar-refractivity contribution < 1.29 is 14.3 Å². The molecule has 1 aromatic carbocycles. The van der Waals surface area contributed by atoms with Gasteiger partial charge in [0.2, 0.25) is 11.8 Å². The Morgan fingerprint density at radius 1 is 0.923 bits per heavy atom. The number of anilines is 1. The van der Waals surface area contributed by atoms with Crippen molar-refractivity contribution in [3.63, 3.8) is 0 Å². The fraction of sp³-hybridized carbons (Fsp3) is 0.579. The topological polar surface area (TPSA) is 79.1 Å². The molecule has 142 valence electrons. The fourth-order valence-corrected chi connectivity index (χ4v) is 3.42. The largest absolute Gasteiger partial charge is 0.399 e. The van der Waals surface area contributed by atoms with Crippen LogP contribution in [0.4, 0.5) is 5.69 Å². The Labute approximate surface area is 154 Å². The standard InChI is InChI=1S/C19H28N4O3/c20-17-4-2-1-3-16(17)5-6-18(24)22-7-9-23(10-8-22)19(25)15-21-11-13-26-14-12-21/h1-4H,5-15,20H2. The number of morpholine rings is 1. The summed E-state index contributed by atoms with van der Waals surface area (Å²) in [5.41, 5.74) is 7.68. The summed E-state index contributed by atoms with van der Waals surface area (Å²) >= 11 is 0. The minimum atomic E-state index is 0.133. The zero-order chi connectivity index (χ0) is 18.4. The molecule has 0 aromatic heterocycles. The molecule has 0 bridgehead atoms. The van der Waals surface area contributed by atoms with Crippen LogP contribution in [-0.4, -0.2) is 85.5 Å². The average Bonchev–Trinajstić information content (AvgIpc) is 2.68. The van der Waals surface area contributed by atoms with E-state index < -0.39 is 0 Å². The van der Waals surface area contributed by atoms with Gasteiger partial charge in [0.05, 0.1) is 19.8 Å². The molecule has 2 N–H and O–H groups in total. The van der Waals surface area contributed by atoms with Crippen LogP contribution < -0.4 is 5.73 Å². The van der Waals surface area contributed by atoms with Crippen LogP contribution in [0.1, 0.15) is 12.0 Å². The smallest absolute Gasteiger partial charge is 0.236 e. The molecule has 0 radical (unpaired) electrons. The van der Waals surface area contributed by atoms with E-state index in [-0.39, 0.29) is 11.8 Å². The van der Waals surface area contributed by atoms with Gasteiger partial charge in [-0.15, -0.1) is 0 Å². The molecular weight excluding hydrogens is 332 g/mol. The van der Waals surface area contributed by atoms with Crippen LogP contribution in [-0.2, 0) is 20.7 Å². The Kier molecular flexibility index (Phi) is 6.46. The summed E-state index contributed by atoms with van der Waals surface area (Å²) in [6.45, 7) is 5.91. The molecule has 2 fully saturated rings. The van der Waals surface area contributed by atoms with Gasteiger partial charge in [0, 0.05) is 51.4 Å². The summed E-state index contributed by atoms with van der Waals surface area (Å²) in [6.07, 6.45) is 1.11. The number of carbonyl (C=O) groups excluding carboxylic acids is 2. The molecule has 0 aliphatic carbocycles. The SMILES string of the molecule is Nc1ccccc1CCC(=O)N1CCN(C(=O)CN2CCOCC2)CC1. The van der Waals surface area contributed by atoms with Crippen molar-refractivity contribution in [2.24, 2.45) is 0 Å². The molecule has 2 heterocycles. The molecule has 0 saturated carbocycles. The van der Waals surface area contributed by atoms with Crippen LogP contribution in [0.3, 0.4) is 0 Å². The molecule has 0 unspecified atom stereocenters. The number of benzene rings is 1. The van der Waals surface area contributed by atoms with E-state index in [2.05, 4.69) is 4.90 Å². The van der Waals surface area contributed by atoms with Crippen LogP contribution in [0.25, 0.3) is 0 Å². The van der Waals surface area contributed by atoms with Crippen molar-refractivity contribution in [3.05, 3.63) is 29.8 Å². The van der Waals surface area contributed by atoms with Gasteiger partial charge in [0.1, 0.15) is 0 Å². The lowest BCUT2D eigenvalue weighted by Gasteiger charge is -2.36. The number of hydrogen-bond acceptors (Lipinski definition) is 5. The second-order valence-electron chi connectivity index (χ2n) is 6.85. The quantitative estimate of drug-likeness (QED) is 0.759. The van der Waals surface area contributed by atoms with Crippen molar-refractivity contribution in [2.45, 2.75) is 12.8 Å². The third-order valence-electron chi connectivity index (χ3n) is 5.11. The normalized spacial score (nSPS) is 18.8. The lowest BCUT2D eigenvalue weighted by molar-refractivity contribution is -0.140. The molecule has 3 rings (SSSR count). The summed E-state index contributed by atoms with van der Waals surface area (Å²) in [4.78, 5) is 30.7. The maximum absolute atomic E-state index is 12.4. The summed E-state index contributed by atoms with van der Waals surface area (Å²) in [7, 11) is 0. The monoisotopic (exact) mass is 360 g/mol. The van der Waals surface area contributed by atoms with Gasteiger partial charge in [-0.2, -0.15) is 0 Å². The molecule has 2 aliphatic rings. The molecule has 0 spiro atoms. The third-order valence-corrected chi connectivity index (χ3v) is 5.11. The number of nitrogen functional groups attached to an aromatic ring is 1. The van der Waals surface area contributed by atoms with Gasteiger partial charge in [-0.3, -0.25) is 14.5 Å². The second kappa shape index (κ2) is 9.00. The third kappa shape index (κ3) is 4.95. The minimum Gasteiger partial charge on any atom is -0.399 e. The van der Waals surface area contributed by atoms with Crippen LogP contribution in [0, 0.1) is 0 Å². The lowest BCUT2D eigenvalue weighted by atomic mass is 10.1. The number of nitrogens with zero attached hydrogens (tertiary/aromatic N) is 3. The Morgan fingerprint density at radius 3 is 2.19 bits per heavy atom. The number of amides is 2. The van der Waals surface area contributed by atoms with Gasteiger partial charge in [-0.05, 0) is 18.1 Å².